The van der Waals surface area contributed by atoms with E-state index in [0.717, 1.165) is 49.3 Å². The summed E-state index contributed by atoms with van der Waals surface area (Å²) in [7, 11) is 3.24. The van der Waals surface area contributed by atoms with Crippen LogP contribution in [0.4, 0.5) is 5.13 Å². The number of unbranched alkanes of at least 4 members (excludes halogenated alkanes) is 4. The Hall–Kier alpha value is -2.08. The Bertz CT molecular complexity index is 723. The van der Waals surface area contributed by atoms with Crippen molar-refractivity contribution in [3.63, 3.8) is 0 Å². The second-order valence-electron chi connectivity index (χ2n) is 6.77. The first kappa shape index (κ1) is 22.2. The Morgan fingerprint density at radius 3 is 2.21 bits per heavy atom. The summed E-state index contributed by atoms with van der Waals surface area (Å²) in [5, 5.41) is 0.898. The molecule has 0 N–H and O–H groups in total. The number of methoxy groups -OCH3 is 2. The van der Waals surface area contributed by atoms with E-state index in [1.807, 2.05) is 18.2 Å². The molecule has 0 radical (unpaired) electrons. The van der Waals surface area contributed by atoms with Crippen LogP contribution in [-0.2, 0) is 0 Å². The van der Waals surface area contributed by atoms with Crippen LogP contribution in [0.5, 0.6) is 11.5 Å². The van der Waals surface area contributed by atoms with Gasteiger partial charge in [-0.1, -0.05) is 56.9 Å². The number of thiazole rings is 1. The number of nitrogens with zero attached hydrogens (tertiary/aromatic N) is 2. The third-order valence-electron chi connectivity index (χ3n) is 4.75. The SMILES string of the molecule is CCCCCCN(CCCC)c1nc(-c2c(OC)cccc2OC)c(C=O)s1. The van der Waals surface area contributed by atoms with Crippen molar-refractivity contribution in [2.45, 2.75) is 52.4 Å². The van der Waals surface area contributed by atoms with Gasteiger partial charge in [0.25, 0.3) is 0 Å². The Balaban J connectivity index is 2.40. The van der Waals surface area contributed by atoms with Crippen molar-refractivity contribution in [3.8, 4) is 22.8 Å². The van der Waals surface area contributed by atoms with E-state index in [9.17, 15) is 4.79 Å². The lowest BCUT2D eigenvalue weighted by atomic mass is 10.1. The van der Waals surface area contributed by atoms with Crippen molar-refractivity contribution in [2.75, 3.05) is 32.2 Å². The molecule has 0 aliphatic rings. The minimum absolute atomic E-state index is 0.604. The number of carbonyl (C=O) groups excluding carboxylic acids is 1. The van der Waals surface area contributed by atoms with E-state index in [-0.39, 0.29) is 0 Å². The maximum Gasteiger partial charge on any atom is 0.186 e. The quantitative estimate of drug-likeness (QED) is 0.311. The van der Waals surface area contributed by atoms with Gasteiger partial charge in [0.15, 0.2) is 11.4 Å². The highest BCUT2D eigenvalue weighted by Crippen LogP contribution is 2.42. The van der Waals surface area contributed by atoms with Gasteiger partial charge in [0.05, 0.1) is 24.7 Å². The topological polar surface area (TPSA) is 51.7 Å². The summed E-state index contributed by atoms with van der Waals surface area (Å²) in [5.74, 6) is 1.31. The largest absolute Gasteiger partial charge is 0.496 e. The molecule has 0 amide bonds. The van der Waals surface area contributed by atoms with Gasteiger partial charge in [0.1, 0.15) is 17.2 Å². The van der Waals surface area contributed by atoms with E-state index in [1.165, 1.54) is 30.6 Å². The summed E-state index contributed by atoms with van der Waals surface area (Å²) in [6.07, 6.45) is 7.96. The summed E-state index contributed by atoms with van der Waals surface area (Å²) in [4.78, 5) is 19.6. The molecule has 0 bridgehead atoms. The van der Waals surface area contributed by atoms with Gasteiger partial charge in [-0.25, -0.2) is 4.98 Å². The molecule has 1 aromatic heterocycles. The van der Waals surface area contributed by atoms with E-state index in [2.05, 4.69) is 18.7 Å². The number of hydrogen-bond donors (Lipinski definition) is 0. The van der Waals surface area contributed by atoms with Crippen LogP contribution in [-0.4, -0.2) is 38.6 Å². The summed E-state index contributed by atoms with van der Waals surface area (Å²) in [5.41, 5.74) is 1.37. The van der Waals surface area contributed by atoms with Crippen LogP contribution in [0.2, 0.25) is 0 Å². The van der Waals surface area contributed by atoms with Gasteiger partial charge in [-0.3, -0.25) is 4.79 Å². The van der Waals surface area contributed by atoms with Crippen LogP contribution in [0, 0.1) is 0 Å². The van der Waals surface area contributed by atoms with Gasteiger partial charge in [-0.15, -0.1) is 0 Å². The van der Waals surface area contributed by atoms with Gasteiger partial charge in [-0.05, 0) is 25.0 Å². The molecule has 0 spiro atoms. The summed E-state index contributed by atoms with van der Waals surface area (Å²) < 4.78 is 11.0. The summed E-state index contributed by atoms with van der Waals surface area (Å²) in [6.45, 7) is 6.34. The van der Waals surface area contributed by atoms with Crippen molar-refractivity contribution >= 4 is 22.8 Å². The molecule has 28 heavy (non-hydrogen) atoms. The third kappa shape index (κ3) is 5.47. The third-order valence-corrected chi connectivity index (χ3v) is 5.79. The highest BCUT2D eigenvalue weighted by atomic mass is 32.1. The number of hydrogen-bond acceptors (Lipinski definition) is 6. The molecular formula is C22H32N2O3S. The Morgan fingerprint density at radius 1 is 1.00 bits per heavy atom. The highest BCUT2D eigenvalue weighted by Gasteiger charge is 2.22. The maximum atomic E-state index is 11.8. The fourth-order valence-corrected chi connectivity index (χ4v) is 4.12. The van der Waals surface area contributed by atoms with Crippen LogP contribution >= 0.6 is 11.3 Å². The average Bonchev–Trinajstić information content (AvgIpc) is 3.16. The second kappa shape index (κ2) is 11.7. The van der Waals surface area contributed by atoms with Crippen LogP contribution < -0.4 is 14.4 Å². The number of ether oxygens (including phenoxy) is 2. The number of rotatable bonds is 13. The standard InChI is InChI=1S/C22H32N2O3S/c1-5-7-9-10-15-24(14-8-6-2)22-23-21(19(16-25)28-22)20-17(26-3)12-11-13-18(20)27-4/h11-13,16H,5-10,14-15H2,1-4H3. The first-order valence-electron chi connectivity index (χ1n) is 10.1. The fourth-order valence-electron chi connectivity index (χ4n) is 3.18. The molecule has 154 valence electrons. The van der Waals surface area contributed by atoms with Gasteiger partial charge < -0.3 is 14.4 Å². The lowest BCUT2D eigenvalue weighted by Crippen LogP contribution is -2.25. The smallest absolute Gasteiger partial charge is 0.186 e. The lowest BCUT2D eigenvalue weighted by molar-refractivity contribution is 0.112. The Kier molecular flexibility index (Phi) is 9.28. The monoisotopic (exact) mass is 404 g/mol. The van der Waals surface area contributed by atoms with Crippen molar-refractivity contribution in [2.24, 2.45) is 0 Å². The number of carbonyl (C=O) groups is 1. The van der Waals surface area contributed by atoms with Gasteiger partial charge >= 0.3 is 0 Å². The van der Waals surface area contributed by atoms with Gasteiger partial charge in [-0.2, -0.15) is 0 Å². The van der Waals surface area contributed by atoms with Crippen molar-refractivity contribution in [1.29, 1.82) is 0 Å². The molecule has 0 aliphatic heterocycles. The predicted molar refractivity (Wildman–Crippen MR) is 117 cm³/mol. The van der Waals surface area contributed by atoms with Crippen LogP contribution in [0.25, 0.3) is 11.3 Å². The molecule has 6 heteroatoms. The van der Waals surface area contributed by atoms with E-state index >= 15 is 0 Å². The molecule has 0 saturated carbocycles. The molecule has 2 aromatic rings. The Morgan fingerprint density at radius 2 is 1.64 bits per heavy atom. The number of aromatic nitrogens is 1. The zero-order valence-electron chi connectivity index (χ0n) is 17.5. The van der Waals surface area contributed by atoms with Gasteiger partial charge in [0, 0.05) is 13.1 Å². The maximum absolute atomic E-state index is 11.8. The average molecular weight is 405 g/mol. The summed E-state index contributed by atoms with van der Waals surface area (Å²) >= 11 is 1.45. The molecule has 1 heterocycles. The van der Waals surface area contributed by atoms with Crippen molar-refractivity contribution < 1.29 is 14.3 Å². The first-order chi connectivity index (χ1) is 13.7. The Labute approximate surface area is 172 Å². The zero-order chi connectivity index (χ0) is 20.4. The van der Waals surface area contributed by atoms with Crippen LogP contribution in [0.3, 0.4) is 0 Å². The fraction of sp³-hybridized carbons (Fsp3) is 0.545. The second-order valence-corrected chi connectivity index (χ2v) is 7.78. The molecule has 0 aliphatic carbocycles. The van der Waals surface area contributed by atoms with Crippen LogP contribution in [0.15, 0.2) is 18.2 Å². The molecule has 5 nitrogen and oxygen atoms in total. The normalized spacial score (nSPS) is 10.7. The molecule has 0 saturated heterocycles. The van der Waals surface area contributed by atoms with Crippen LogP contribution in [0.1, 0.15) is 62.0 Å². The van der Waals surface area contributed by atoms with Crippen molar-refractivity contribution in [3.05, 3.63) is 23.1 Å². The molecule has 1 aromatic carbocycles. The molecule has 0 fully saturated rings. The highest BCUT2D eigenvalue weighted by molar-refractivity contribution is 7.17. The van der Waals surface area contributed by atoms with E-state index < -0.39 is 0 Å². The molecular weight excluding hydrogens is 372 g/mol. The van der Waals surface area contributed by atoms with E-state index in [1.54, 1.807) is 14.2 Å². The van der Waals surface area contributed by atoms with E-state index in [4.69, 9.17) is 14.5 Å². The number of anilines is 1. The zero-order valence-corrected chi connectivity index (χ0v) is 18.3. The summed E-state index contributed by atoms with van der Waals surface area (Å²) in [6, 6.07) is 5.60. The minimum Gasteiger partial charge on any atom is -0.496 e. The molecule has 2 rings (SSSR count). The first-order valence-corrected chi connectivity index (χ1v) is 10.9. The number of aldehydes is 1. The minimum atomic E-state index is 0.604. The number of benzene rings is 1. The molecule has 0 atom stereocenters. The molecule has 0 unspecified atom stereocenters. The van der Waals surface area contributed by atoms with Crippen molar-refractivity contribution in [1.82, 2.24) is 4.98 Å². The van der Waals surface area contributed by atoms with E-state index in [0.29, 0.717) is 22.1 Å². The lowest BCUT2D eigenvalue weighted by Gasteiger charge is -2.21. The van der Waals surface area contributed by atoms with Gasteiger partial charge in [0.2, 0.25) is 0 Å². The predicted octanol–water partition coefficient (Wildman–Crippen LogP) is 5.83.